The molecule has 164 valence electrons. The zero-order valence-corrected chi connectivity index (χ0v) is 16.7. The molecule has 3 rings (SSSR count). The van der Waals surface area contributed by atoms with Gasteiger partial charge in [0.1, 0.15) is 17.4 Å². The molecule has 30 heavy (non-hydrogen) atoms. The molecule has 0 amide bonds. The third-order valence-electron chi connectivity index (χ3n) is 4.36. The van der Waals surface area contributed by atoms with Crippen LogP contribution in [0.3, 0.4) is 0 Å². The van der Waals surface area contributed by atoms with Crippen molar-refractivity contribution in [3.63, 3.8) is 0 Å². The lowest BCUT2D eigenvalue weighted by Crippen LogP contribution is -2.27. The van der Waals surface area contributed by atoms with Crippen LogP contribution in [0.5, 0.6) is 5.75 Å². The minimum atomic E-state index is -5.08. The Morgan fingerprint density at radius 3 is 2.27 bits per heavy atom. The number of ether oxygens (including phenoxy) is 1. The van der Waals surface area contributed by atoms with Crippen molar-refractivity contribution in [2.45, 2.75) is 34.7 Å². The molecule has 0 aromatic heterocycles. The maximum absolute atomic E-state index is 14.4. The summed E-state index contributed by atoms with van der Waals surface area (Å²) in [5, 5.41) is 10.4. The Kier molecular flexibility index (Phi) is 8.48. The van der Waals surface area contributed by atoms with Gasteiger partial charge in [-0.2, -0.15) is 13.2 Å². The standard InChI is InChI=1S/C18H19F2NOS.C2HF3O2/c1-22-13-5-6-16(15(20)11-13)23-17-4-2-3-14(19)18(17)12-7-9-21-10-8-12;3-2(4,5)1(6)7/h2-6,11-12,21H,7-10H2,1H3;(H,6,7). The van der Waals surface area contributed by atoms with Crippen LogP contribution >= 0.6 is 11.8 Å². The summed E-state index contributed by atoms with van der Waals surface area (Å²) < 4.78 is 65.4. The fraction of sp³-hybridized carbons (Fsp3) is 0.350. The van der Waals surface area contributed by atoms with Crippen molar-refractivity contribution in [3.05, 3.63) is 53.6 Å². The van der Waals surface area contributed by atoms with Gasteiger partial charge in [0.2, 0.25) is 0 Å². The van der Waals surface area contributed by atoms with Gasteiger partial charge >= 0.3 is 12.1 Å². The Hall–Kier alpha value is -2.33. The second-order valence-corrected chi connectivity index (χ2v) is 7.46. The SMILES string of the molecule is COc1ccc(Sc2cccc(F)c2C2CCNCC2)c(F)c1.O=C(O)C(F)(F)F. The van der Waals surface area contributed by atoms with E-state index in [1.165, 1.54) is 31.0 Å². The number of piperidine rings is 1. The highest BCUT2D eigenvalue weighted by molar-refractivity contribution is 7.99. The summed E-state index contributed by atoms with van der Waals surface area (Å²) in [5.41, 5.74) is 0.717. The van der Waals surface area contributed by atoms with Gasteiger partial charge in [0.25, 0.3) is 0 Å². The predicted octanol–water partition coefficient (Wildman–Crippen LogP) is 5.22. The largest absolute Gasteiger partial charge is 0.497 e. The molecule has 0 aliphatic carbocycles. The van der Waals surface area contributed by atoms with Gasteiger partial charge in [0.05, 0.1) is 7.11 Å². The maximum atomic E-state index is 14.4. The lowest BCUT2D eigenvalue weighted by atomic mass is 9.90. The zero-order chi connectivity index (χ0) is 22.3. The average molecular weight is 449 g/mol. The molecule has 2 aromatic carbocycles. The number of halogens is 5. The quantitative estimate of drug-likeness (QED) is 0.627. The first kappa shape index (κ1) is 23.9. The number of nitrogens with one attached hydrogen (secondary N) is 1. The van der Waals surface area contributed by atoms with E-state index in [-0.39, 0.29) is 17.6 Å². The predicted molar refractivity (Wildman–Crippen MR) is 102 cm³/mol. The molecule has 4 nitrogen and oxygen atoms in total. The van der Waals surface area contributed by atoms with Gasteiger partial charge in [-0.05, 0) is 56.1 Å². The summed E-state index contributed by atoms with van der Waals surface area (Å²) >= 11 is 1.28. The number of methoxy groups -OCH3 is 1. The molecule has 1 aliphatic rings. The van der Waals surface area contributed by atoms with Gasteiger partial charge in [-0.25, -0.2) is 13.6 Å². The molecule has 0 bridgehead atoms. The lowest BCUT2D eigenvalue weighted by Gasteiger charge is -2.25. The van der Waals surface area contributed by atoms with Crippen LogP contribution in [0.2, 0.25) is 0 Å². The number of hydrogen-bond acceptors (Lipinski definition) is 4. The highest BCUT2D eigenvalue weighted by Gasteiger charge is 2.38. The summed E-state index contributed by atoms with van der Waals surface area (Å²) in [4.78, 5) is 10.2. The molecular weight excluding hydrogens is 429 g/mol. The molecular formula is C20H20F5NO3S. The van der Waals surface area contributed by atoms with E-state index in [4.69, 9.17) is 14.6 Å². The van der Waals surface area contributed by atoms with E-state index in [2.05, 4.69) is 5.32 Å². The van der Waals surface area contributed by atoms with Gasteiger partial charge in [0, 0.05) is 21.4 Å². The number of alkyl halides is 3. The van der Waals surface area contributed by atoms with E-state index in [0.717, 1.165) is 30.8 Å². The topological polar surface area (TPSA) is 58.6 Å². The molecule has 0 saturated carbocycles. The number of carboxylic acids is 1. The van der Waals surface area contributed by atoms with Crippen molar-refractivity contribution in [1.29, 1.82) is 0 Å². The molecule has 1 saturated heterocycles. The van der Waals surface area contributed by atoms with Crippen LogP contribution < -0.4 is 10.1 Å². The fourth-order valence-corrected chi connectivity index (χ4v) is 3.97. The van der Waals surface area contributed by atoms with Gasteiger partial charge in [-0.1, -0.05) is 17.8 Å². The van der Waals surface area contributed by atoms with E-state index in [1.54, 1.807) is 18.2 Å². The average Bonchev–Trinajstić information content (AvgIpc) is 2.70. The van der Waals surface area contributed by atoms with Crippen molar-refractivity contribution >= 4 is 17.7 Å². The van der Waals surface area contributed by atoms with Crippen molar-refractivity contribution in [2.24, 2.45) is 0 Å². The highest BCUT2D eigenvalue weighted by atomic mass is 32.2. The van der Waals surface area contributed by atoms with Crippen molar-refractivity contribution in [2.75, 3.05) is 20.2 Å². The monoisotopic (exact) mass is 449 g/mol. The second-order valence-electron chi connectivity index (χ2n) is 6.38. The van der Waals surface area contributed by atoms with Crippen molar-refractivity contribution in [1.82, 2.24) is 5.32 Å². The first-order valence-electron chi connectivity index (χ1n) is 8.94. The lowest BCUT2D eigenvalue weighted by molar-refractivity contribution is -0.192. The van der Waals surface area contributed by atoms with Crippen LogP contribution in [-0.2, 0) is 4.79 Å². The number of carbonyl (C=O) groups is 1. The molecule has 1 aliphatic heterocycles. The number of carboxylic acid groups (broad SMARTS) is 1. The Labute approximate surface area is 174 Å². The van der Waals surface area contributed by atoms with Crippen LogP contribution in [0.15, 0.2) is 46.2 Å². The fourth-order valence-electron chi connectivity index (χ4n) is 2.92. The van der Waals surface area contributed by atoms with E-state index in [1.807, 2.05) is 6.07 Å². The summed E-state index contributed by atoms with van der Waals surface area (Å²) in [7, 11) is 1.50. The van der Waals surface area contributed by atoms with Crippen LogP contribution in [0, 0.1) is 11.6 Å². The molecule has 0 spiro atoms. The van der Waals surface area contributed by atoms with Gasteiger partial charge in [-0.3, -0.25) is 0 Å². The van der Waals surface area contributed by atoms with E-state index < -0.39 is 12.1 Å². The van der Waals surface area contributed by atoms with Crippen molar-refractivity contribution in [3.8, 4) is 5.75 Å². The Bertz CT molecular complexity index is 870. The third-order valence-corrected chi connectivity index (χ3v) is 5.49. The van der Waals surface area contributed by atoms with Crippen molar-refractivity contribution < 1.29 is 36.6 Å². The Morgan fingerprint density at radius 2 is 1.73 bits per heavy atom. The van der Waals surface area contributed by atoms with Gasteiger partial charge in [-0.15, -0.1) is 0 Å². The smallest absolute Gasteiger partial charge is 0.490 e. The maximum Gasteiger partial charge on any atom is 0.490 e. The summed E-state index contributed by atoms with van der Waals surface area (Å²) in [6, 6.07) is 9.79. The Morgan fingerprint density at radius 1 is 1.10 bits per heavy atom. The third kappa shape index (κ3) is 6.60. The minimum absolute atomic E-state index is 0.182. The molecule has 2 N–H and O–H groups in total. The van der Waals surface area contributed by atoms with Gasteiger partial charge < -0.3 is 15.2 Å². The molecule has 0 radical (unpaired) electrons. The molecule has 1 heterocycles. The van der Waals surface area contributed by atoms with Crippen LogP contribution in [0.25, 0.3) is 0 Å². The van der Waals surface area contributed by atoms with Crippen LogP contribution in [0.1, 0.15) is 24.3 Å². The normalized spacial score (nSPS) is 14.6. The van der Waals surface area contributed by atoms with Crippen LogP contribution in [-0.4, -0.2) is 37.5 Å². The number of hydrogen-bond donors (Lipinski definition) is 2. The number of rotatable bonds is 4. The van der Waals surface area contributed by atoms with E-state index >= 15 is 0 Å². The molecule has 1 fully saturated rings. The van der Waals surface area contributed by atoms with E-state index in [9.17, 15) is 22.0 Å². The summed E-state index contributed by atoms with van der Waals surface area (Å²) in [6.07, 6.45) is -3.28. The van der Waals surface area contributed by atoms with Crippen LogP contribution in [0.4, 0.5) is 22.0 Å². The number of benzene rings is 2. The molecule has 0 unspecified atom stereocenters. The van der Waals surface area contributed by atoms with Gasteiger partial charge in [0.15, 0.2) is 0 Å². The molecule has 2 aromatic rings. The molecule has 0 atom stereocenters. The second kappa shape index (κ2) is 10.6. The minimum Gasteiger partial charge on any atom is -0.497 e. The van der Waals surface area contributed by atoms with E-state index in [0.29, 0.717) is 16.2 Å². The summed E-state index contributed by atoms with van der Waals surface area (Å²) in [6.45, 7) is 1.78. The zero-order valence-electron chi connectivity index (χ0n) is 15.9. The molecule has 10 heteroatoms. The Balaban J connectivity index is 0.000000396. The first-order chi connectivity index (χ1) is 14.1. The first-order valence-corrected chi connectivity index (χ1v) is 9.75. The highest BCUT2D eigenvalue weighted by Crippen LogP contribution is 2.39. The number of aliphatic carboxylic acids is 1. The summed E-state index contributed by atoms with van der Waals surface area (Å²) in [5.74, 6) is -2.65.